The summed E-state index contributed by atoms with van der Waals surface area (Å²) in [4.78, 5) is 29.7. The van der Waals surface area contributed by atoms with Gasteiger partial charge in [-0.05, 0) is 73.4 Å². The van der Waals surface area contributed by atoms with Gasteiger partial charge in [0.15, 0.2) is 11.7 Å². The lowest BCUT2D eigenvalue weighted by Gasteiger charge is -2.53. The number of sulfonamides is 2. The number of nitrogens with one attached hydrogen (secondary N) is 2. The number of hydrogen-bond acceptors (Lipinski definition) is 7. The number of likely N-dealkylation sites (tertiary alicyclic amines) is 1. The Balaban J connectivity index is 1.37. The molecule has 1 saturated heterocycles. The largest absolute Gasteiger partial charge is 0.341 e. The van der Waals surface area contributed by atoms with Crippen molar-refractivity contribution in [2.24, 2.45) is 28.1 Å². The molecule has 13 heteroatoms. The second-order valence-corrected chi connectivity index (χ2v) is 14.8. The maximum Gasteiger partial charge on any atom is 0.286 e. The number of ketones is 1. The summed E-state index contributed by atoms with van der Waals surface area (Å²) >= 11 is 0. The Hall–Kier alpha value is -3.16. The maximum atomic E-state index is 14.1. The van der Waals surface area contributed by atoms with E-state index in [-0.39, 0.29) is 47.1 Å². The van der Waals surface area contributed by atoms with Crippen molar-refractivity contribution in [1.29, 1.82) is 0 Å². The first-order chi connectivity index (χ1) is 18.8. The summed E-state index contributed by atoms with van der Waals surface area (Å²) in [6, 6.07) is 10.2. The highest BCUT2D eigenvalue weighted by molar-refractivity contribution is 7.90. The molecule has 10 nitrogen and oxygen atoms in total. The van der Waals surface area contributed by atoms with Gasteiger partial charge in [-0.25, -0.2) is 17.5 Å². The minimum atomic E-state index is -4.31. The molecule has 2 N–H and O–H groups in total. The van der Waals surface area contributed by atoms with Gasteiger partial charge in [-0.2, -0.15) is 8.42 Å². The van der Waals surface area contributed by atoms with Crippen molar-refractivity contribution in [1.82, 2.24) is 9.62 Å². The molecule has 4 aliphatic rings. The van der Waals surface area contributed by atoms with Crippen LogP contribution >= 0.6 is 0 Å². The first kappa shape index (κ1) is 27.0. The van der Waals surface area contributed by atoms with Crippen LogP contribution in [-0.2, 0) is 42.7 Å². The zero-order valence-corrected chi connectivity index (χ0v) is 23.6. The van der Waals surface area contributed by atoms with Crippen molar-refractivity contribution >= 4 is 43.3 Å². The summed E-state index contributed by atoms with van der Waals surface area (Å²) < 4.78 is 69.3. The van der Waals surface area contributed by atoms with Gasteiger partial charge in [0.1, 0.15) is 16.5 Å². The highest BCUT2D eigenvalue weighted by Crippen LogP contribution is 2.60. The third-order valence-corrected chi connectivity index (χ3v) is 11.0. The molecule has 2 aromatic carbocycles. The Kier molecular flexibility index (Phi) is 6.20. The minimum absolute atomic E-state index is 0.0896. The smallest absolute Gasteiger partial charge is 0.286 e. The van der Waals surface area contributed by atoms with Crippen molar-refractivity contribution in [3.8, 4) is 0 Å². The van der Waals surface area contributed by atoms with Gasteiger partial charge >= 0.3 is 0 Å². The molecule has 2 aromatic rings. The van der Waals surface area contributed by atoms with E-state index in [4.69, 9.17) is 0 Å². The molecule has 5 unspecified atom stereocenters. The zero-order valence-electron chi connectivity index (χ0n) is 21.9. The number of benzene rings is 2. The standard InChI is InChI=1S/C27H29FN4O6S2/c1-27-18-7-6-17(12-18)23(27)24(33)22(26(34)32(27)14-15-3-8-19(28)9-4-15)25-30-20-10-5-16(13-29-39(2,35)36)11-21(20)40(37,38)31-25/h3-5,8-11,17-18,22-23,29H,6-7,12-14H2,1-2H3,(H,30,31). The van der Waals surface area contributed by atoms with Crippen molar-refractivity contribution in [2.45, 2.75) is 49.7 Å². The van der Waals surface area contributed by atoms with Crippen molar-refractivity contribution in [2.75, 3.05) is 11.6 Å². The van der Waals surface area contributed by atoms with Gasteiger partial charge in [-0.15, -0.1) is 4.40 Å². The van der Waals surface area contributed by atoms with E-state index in [1.165, 1.54) is 24.3 Å². The fraction of sp³-hybridized carbons (Fsp3) is 0.444. The molecule has 2 heterocycles. The number of amidine groups is 1. The number of carbonyl (C=O) groups is 2. The topological polar surface area (TPSA) is 142 Å². The predicted octanol–water partition coefficient (Wildman–Crippen LogP) is 2.42. The minimum Gasteiger partial charge on any atom is -0.341 e. The predicted molar refractivity (Wildman–Crippen MR) is 145 cm³/mol. The van der Waals surface area contributed by atoms with Crippen LogP contribution in [-0.4, -0.2) is 51.1 Å². The molecule has 2 saturated carbocycles. The zero-order chi connectivity index (χ0) is 28.6. The molecule has 1 amide bonds. The van der Waals surface area contributed by atoms with Crippen LogP contribution < -0.4 is 10.0 Å². The fourth-order valence-electron chi connectivity index (χ4n) is 7.13. The van der Waals surface area contributed by atoms with E-state index in [9.17, 15) is 30.8 Å². The monoisotopic (exact) mass is 588 g/mol. The van der Waals surface area contributed by atoms with Gasteiger partial charge in [-0.3, -0.25) is 9.59 Å². The Labute approximate surface area is 232 Å². The van der Waals surface area contributed by atoms with Crippen LogP contribution in [0.3, 0.4) is 0 Å². The van der Waals surface area contributed by atoms with Gasteiger partial charge in [0.2, 0.25) is 15.9 Å². The average molecular weight is 589 g/mol. The SMILES string of the molecule is CC12C3CCC(C3)C1C(=O)C(C1=NS(=O)(=O)c3cc(CNS(C)(=O)=O)ccc3N1)C(=O)N2Cc1ccc(F)cc1. The Morgan fingerprint density at radius 3 is 2.52 bits per heavy atom. The molecular weight excluding hydrogens is 559 g/mol. The number of hydrogen-bond donors (Lipinski definition) is 2. The Morgan fingerprint density at radius 1 is 1.12 bits per heavy atom. The van der Waals surface area contributed by atoms with Crippen molar-refractivity contribution in [3.05, 3.63) is 59.4 Å². The van der Waals surface area contributed by atoms with Crippen molar-refractivity contribution in [3.63, 3.8) is 0 Å². The van der Waals surface area contributed by atoms with Crippen LogP contribution in [0.25, 0.3) is 0 Å². The molecule has 2 bridgehead atoms. The normalized spacial score (nSPS) is 30.5. The van der Waals surface area contributed by atoms with E-state index in [1.54, 1.807) is 23.1 Å². The molecule has 0 aromatic heterocycles. The van der Waals surface area contributed by atoms with Crippen LogP contribution in [0.15, 0.2) is 51.8 Å². The number of carbonyl (C=O) groups excluding carboxylic acids is 2. The number of rotatable bonds is 6. The third-order valence-electron chi connectivity index (χ3n) is 8.96. The summed E-state index contributed by atoms with van der Waals surface area (Å²) in [5, 5.41) is 2.93. The number of Topliss-reactive ketones (excluding diaryl/α,β-unsaturated/α-hetero) is 1. The summed E-state index contributed by atoms with van der Waals surface area (Å²) in [5.74, 6) is -3.15. The van der Waals surface area contributed by atoms with E-state index in [2.05, 4.69) is 14.4 Å². The molecule has 6 rings (SSSR count). The lowest BCUT2D eigenvalue weighted by molar-refractivity contribution is -0.162. The molecule has 5 atom stereocenters. The summed E-state index contributed by atoms with van der Waals surface area (Å²) in [7, 11) is -7.80. The van der Waals surface area contributed by atoms with E-state index < -0.39 is 49.1 Å². The molecule has 0 radical (unpaired) electrons. The lowest BCUT2D eigenvalue weighted by Crippen LogP contribution is -2.67. The third kappa shape index (κ3) is 4.34. The van der Waals surface area contributed by atoms with E-state index in [0.29, 0.717) is 11.1 Å². The summed E-state index contributed by atoms with van der Waals surface area (Å²) in [6.07, 6.45) is 3.59. The maximum absolute atomic E-state index is 14.1. The summed E-state index contributed by atoms with van der Waals surface area (Å²) in [6.45, 7) is 2.00. The molecule has 2 aliphatic carbocycles. The first-order valence-corrected chi connectivity index (χ1v) is 16.4. The quantitative estimate of drug-likeness (QED) is 0.494. The Bertz CT molecular complexity index is 1670. The van der Waals surface area contributed by atoms with Crippen LogP contribution in [0.5, 0.6) is 0 Å². The fourth-order valence-corrected chi connectivity index (χ4v) is 8.76. The number of halogens is 1. The number of anilines is 1. The molecule has 2 aliphatic heterocycles. The first-order valence-electron chi connectivity index (χ1n) is 13.1. The van der Waals surface area contributed by atoms with Gasteiger partial charge in [0, 0.05) is 19.0 Å². The van der Waals surface area contributed by atoms with E-state index in [1.807, 2.05) is 6.92 Å². The van der Waals surface area contributed by atoms with Crippen LogP contribution in [0.2, 0.25) is 0 Å². The number of amides is 1. The van der Waals surface area contributed by atoms with Gasteiger partial charge in [0.05, 0.1) is 17.5 Å². The van der Waals surface area contributed by atoms with Gasteiger partial charge in [-0.1, -0.05) is 18.2 Å². The Morgan fingerprint density at radius 2 is 1.82 bits per heavy atom. The van der Waals surface area contributed by atoms with E-state index in [0.717, 1.165) is 25.5 Å². The van der Waals surface area contributed by atoms with Crippen molar-refractivity contribution < 1.29 is 30.8 Å². The second kappa shape index (κ2) is 9.18. The highest BCUT2D eigenvalue weighted by atomic mass is 32.2. The van der Waals surface area contributed by atoms with E-state index >= 15 is 0 Å². The average Bonchev–Trinajstić information content (AvgIpc) is 3.46. The van der Waals surface area contributed by atoms with Crippen LogP contribution in [0.4, 0.5) is 10.1 Å². The lowest BCUT2D eigenvalue weighted by atomic mass is 9.65. The number of fused-ring (bicyclic) bond motifs is 6. The molecular formula is C27H29FN4O6S2. The molecule has 40 heavy (non-hydrogen) atoms. The molecule has 212 valence electrons. The van der Waals surface area contributed by atoms with Crippen LogP contribution in [0, 0.1) is 29.5 Å². The van der Waals surface area contributed by atoms with Gasteiger partial charge in [0.25, 0.3) is 10.0 Å². The number of piperidine rings is 1. The number of nitrogens with zero attached hydrogens (tertiary/aromatic N) is 2. The molecule has 0 spiro atoms. The summed E-state index contributed by atoms with van der Waals surface area (Å²) in [5.41, 5.74) is 0.536. The highest BCUT2D eigenvalue weighted by Gasteiger charge is 2.67. The van der Waals surface area contributed by atoms with Crippen LogP contribution in [0.1, 0.15) is 37.3 Å². The molecule has 3 fully saturated rings. The second-order valence-electron chi connectivity index (χ2n) is 11.4. The van der Waals surface area contributed by atoms with Gasteiger partial charge < -0.3 is 10.2 Å².